The van der Waals surface area contributed by atoms with Crippen LogP contribution in [0.25, 0.3) is 10.9 Å². The number of aromatic nitrogens is 1. The Morgan fingerprint density at radius 3 is 2.53 bits per heavy atom. The molecule has 2 fully saturated rings. The highest BCUT2D eigenvalue weighted by Gasteiger charge is 2.69. The van der Waals surface area contributed by atoms with E-state index in [0.717, 1.165) is 16.5 Å². The number of fused-ring (bicyclic) bond motifs is 2. The number of carbonyl (C=O) groups is 4. The summed E-state index contributed by atoms with van der Waals surface area (Å²) in [6.45, 7) is 8.97. The number of aromatic amines is 1. The molecule has 1 saturated carbocycles. The quantitative estimate of drug-likeness (QED) is 0.484. The Morgan fingerprint density at radius 1 is 1.18 bits per heavy atom. The smallest absolute Gasteiger partial charge is 0.268 e. The van der Waals surface area contributed by atoms with E-state index in [1.165, 1.54) is 11.8 Å². The molecule has 9 nitrogen and oxygen atoms in total. The number of hydrogen-bond acceptors (Lipinski definition) is 5. The summed E-state index contributed by atoms with van der Waals surface area (Å²) in [5.74, 6) is -1.49. The molecule has 2 heterocycles. The lowest BCUT2D eigenvalue weighted by molar-refractivity contribution is -0.142. The van der Waals surface area contributed by atoms with Gasteiger partial charge in [-0.15, -0.1) is 0 Å². The highest BCUT2D eigenvalue weighted by atomic mass is 16.3. The van der Waals surface area contributed by atoms with Gasteiger partial charge in [-0.3, -0.25) is 19.2 Å². The van der Waals surface area contributed by atoms with Gasteiger partial charge in [0, 0.05) is 17.4 Å². The Bertz CT molecular complexity index is 1170. The summed E-state index contributed by atoms with van der Waals surface area (Å²) >= 11 is 0. The van der Waals surface area contributed by atoms with Crippen LogP contribution >= 0.6 is 0 Å². The van der Waals surface area contributed by atoms with E-state index in [0.29, 0.717) is 12.2 Å². The zero-order valence-electron chi connectivity index (χ0n) is 20.1. The molecule has 1 aromatic heterocycles. The standard InChI is InChI=1S/C25H32N4O5/c1-12-7-6-8-17-15(12)9-18(28-17)22(32)27-14(3)24(34)29-10-16-20(25(16,4)5)21(29)23(33)26-13(2)19(31)11-30/h6-9,13-14,16,20-21,28,30H,10-11H2,1-5H3,(H,26,33)(H,27,32)/t13-,14-,16-,20-,21-/m0/s1. The average Bonchev–Trinajstić information content (AvgIpc) is 3.18. The number of aliphatic hydroxyl groups excluding tert-OH is 1. The van der Waals surface area contributed by atoms with Crippen LogP contribution in [0.5, 0.6) is 0 Å². The number of H-pyrrole nitrogens is 1. The molecule has 0 bridgehead atoms. The number of rotatable bonds is 7. The molecule has 4 N–H and O–H groups in total. The zero-order valence-corrected chi connectivity index (χ0v) is 20.1. The van der Waals surface area contributed by atoms with Crippen molar-refractivity contribution in [3.05, 3.63) is 35.5 Å². The van der Waals surface area contributed by atoms with E-state index >= 15 is 0 Å². The van der Waals surface area contributed by atoms with Crippen molar-refractivity contribution in [1.29, 1.82) is 0 Å². The van der Waals surface area contributed by atoms with E-state index in [9.17, 15) is 19.2 Å². The van der Waals surface area contributed by atoms with Crippen LogP contribution in [0.3, 0.4) is 0 Å². The summed E-state index contributed by atoms with van der Waals surface area (Å²) in [6, 6.07) is 5.10. The van der Waals surface area contributed by atoms with Gasteiger partial charge in [0.2, 0.25) is 11.8 Å². The maximum absolute atomic E-state index is 13.3. The number of hydrogen-bond donors (Lipinski definition) is 4. The Morgan fingerprint density at radius 2 is 1.88 bits per heavy atom. The van der Waals surface area contributed by atoms with Gasteiger partial charge in [-0.05, 0) is 55.7 Å². The number of aliphatic hydroxyl groups is 1. The normalized spacial score (nSPS) is 24.3. The van der Waals surface area contributed by atoms with Gasteiger partial charge >= 0.3 is 0 Å². The maximum atomic E-state index is 13.3. The number of likely N-dealkylation sites (tertiary alicyclic amines) is 1. The van der Waals surface area contributed by atoms with Gasteiger partial charge in [0.15, 0.2) is 5.78 Å². The molecule has 9 heteroatoms. The lowest BCUT2D eigenvalue weighted by Gasteiger charge is -2.32. The molecule has 0 radical (unpaired) electrons. The van der Waals surface area contributed by atoms with Crippen LogP contribution in [0.4, 0.5) is 0 Å². The number of amides is 3. The van der Waals surface area contributed by atoms with Crippen molar-refractivity contribution in [3.63, 3.8) is 0 Å². The van der Waals surface area contributed by atoms with Gasteiger partial charge in [-0.25, -0.2) is 0 Å². The number of carbonyl (C=O) groups excluding carboxylic acids is 4. The third kappa shape index (κ3) is 3.98. The Kier molecular flexibility index (Phi) is 6.01. The molecule has 1 aliphatic carbocycles. The SMILES string of the molecule is Cc1cccc2[nH]c(C(=O)N[C@@H](C)C(=O)N3C[C@H]4[C@@H]([C@H]3C(=O)N[C@@H](C)C(=O)CO)C4(C)C)cc12. The fourth-order valence-electron chi connectivity index (χ4n) is 5.34. The van der Waals surface area contributed by atoms with Gasteiger partial charge in [-0.1, -0.05) is 26.0 Å². The molecular weight excluding hydrogens is 436 g/mol. The van der Waals surface area contributed by atoms with Crippen LogP contribution in [-0.4, -0.2) is 69.8 Å². The molecule has 182 valence electrons. The fraction of sp³-hybridized carbons (Fsp3) is 0.520. The third-order valence-corrected chi connectivity index (χ3v) is 7.60. The van der Waals surface area contributed by atoms with Crippen LogP contribution < -0.4 is 10.6 Å². The third-order valence-electron chi connectivity index (χ3n) is 7.60. The van der Waals surface area contributed by atoms with Crippen LogP contribution in [-0.2, 0) is 14.4 Å². The second-order valence-electron chi connectivity index (χ2n) is 10.2. The van der Waals surface area contributed by atoms with E-state index in [1.54, 1.807) is 13.0 Å². The lowest BCUT2D eigenvalue weighted by Crippen LogP contribution is -2.56. The van der Waals surface area contributed by atoms with Gasteiger partial charge in [0.25, 0.3) is 5.91 Å². The van der Waals surface area contributed by atoms with Crippen LogP contribution in [0.1, 0.15) is 43.7 Å². The fourth-order valence-corrected chi connectivity index (χ4v) is 5.34. The molecule has 3 amide bonds. The van der Waals surface area contributed by atoms with Crippen LogP contribution in [0.2, 0.25) is 0 Å². The van der Waals surface area contributed by atoms with Gasteiger partial charge in [0.1, 0.15) is 24.4 Å². The maximum Gasteiger partial charge on any atom is 0.268 e. The first kappa shape index (κ1) is 23.9. The predicted molar refractivity (Wildman–Crippen MR) is 126 cm³/mol. The lowest BCUT2D eigenvalue weighted by atomic mass is 9.99. The molecule has 1 aliphatic heterocycles. The highest BCUT2D eigenvalue weighted by Crippen LogP contribution is 2.64. The number of nitrogens with one attached hydrogen (secondary N) is 3. The minimum atomic E-state index is -0.849. The monoisotopic (exact) mass is 468 g/mol. The molecular formula is C25H32N4O5. The minimum Gasteiger partial charge on any atom is -0.389 e. The first-order chi connectivity index (χ1) is 16.0. The van der Waals surface area contributed by atoms with E-state index < -0.39 is 42.3 Å². The second-order valence-corrected chi connectivity index (χ2v) is 10.2. The minimum absolute atomic E-state index is 0.0209. The number of aryl methyl sites for hydroxylation is 1. The van der Waals surface area contributed by atoms with E-state index in [4.69, 9.17) is 5.11 Å². The van der Waals surface area contributed by atoms with E-state index in [2.05, 4.69) is 29.5 Å². The highest BCUT2D eigenvalue weighted by molar-refractivity contribution is 6.01. The first-order valence-electron chi connectivity index (χ1n) is 11.6. The number of benzene rings is 1. The summed E-state index contributed by atoms with van der Waals surface area (Å²) in [7, 11) is 0. The Hall–Kier alpha value is -3.20. The molecule has 0 unspecified atom stereocenters. The topological polar surface area (TPSA) is 132 Å². The predicted octanol–water partition coefficient (Wildman–Crippen LogP) is 1.14. The molecule has 34 heavy (non-hydrogen) atoms. The van der Waals surface area contributed by atoms with Crippen molar-refractivity contribution in [3.8, 4) is 0 Å². The largest absolute Gasteiger partial charge is 0.389 e. The number of ketones is 1. The molecule has 5 atom stereocenters. The summed E-state index contributed by atoms with van der Waals surface area (Å²) in [4.78, 5) is 55.6. The molecule has 2 aromatic rings. The molecule has 1 saturated heterocycles. The van der Waals surface area contributed by atoms with Crippen molar-refractivity contribution in [1.82, 2.24) is 20.5 Å². The molecule has 2 aliphatic rings. The Labute approximate surface area is 198 Å². The molecule has 1 aromatic carbocycles. The number of nitrogens with zero attached hydrogens (tertiary/aromatic N) is 1. The van der Waals surface area contributed by atoms with Crippen molar-refractivity contribution < 1.29 is 24.3 Å². The molecule has 4 rings (SSSR count). The van der Waals surface area contributed by atoms with E-state index in [1.807, 2.05) is 25.1 Å². The average molecular weight is 469 g/mol. The molecule has 0 spiro atoms. The van der Waals surface area contributed by atoms with E-state index in [-0.39, 0.29) is 23.2 Å². The van der Waals surface area contributed by atoms with Crippen molar-refractivity contribution in [2.75, 3.05) is 13.2 Å². The number of Topliss-reactive ketones (excluding diaryl/α,β-unsaturated/α-hetero) is 1. The second kappa shape index (κ2) is 8.54. The van der Waals surface area contributed by atoms with Crippen molar-refractivity contribution in [2.45, 2.75) is 52.7 Å². The van der Waals surface area contributed by atoms with Crippen LogP contribution in [0, 0.1) is 24.2 Å². The van der Waals surface area contributed by atoms with Crippen molar-refractivity contribution in [2.24, 2.45) is 17.3 Å². The summed E-state index contributed by atoms with van der Waals surface area (Å²) in [5, 5.41) is 15.4. The number of piperidine rings is 1. The van der Waals surface area contributed by atoms with Gasteiger partial charge < -0.3 is 25.6 Å². The van der Waals surface area contributed by atoms with Gasteiger partial charge in [-0.2, -0.15) is 0 Å². The first-order valence-corrected chi connectivity index (χ1v) is 11.6. The van der Waals surface area contributed by atoms with Crippen molar-refractivity contribution >= 4 is 34.4 Å². The summed E-state index contributed by atoms with van der Waals surface area (Å²) in [5.41, 5.74) is 2.16. The van der Waals surface area contributed by atoms with Gasteiger partial charge in [0.05, 0.1) is 6.04 Å². The zero-order chi connectivity index (χ0) is 24.9. The summed E-state index contributed by atoms with van der Waals surface area (Å²) < 4.78 is 0. The Balaban J connectivity index is 1.47. The van der Waals surface area contributed by atoms with Crippen LogP contribution in [0.15, 0.2) is 24.3 Å². The summed E-state index contributed by atoms with van der Waals surface area (Å²) in [6.07, 6.45) is 0.